The molecule has 112 valence electrons. The maximum absolute atomic E-state index is 12.5. The average molecular weight is 313 g/mol. The second kappa shape index (κ2) is 5.73. The number of sulfone groups is 1. The van der Waals surface area contributed by atoms with Crippen molar-refractivity contribution in [2.45, 2.75) is 10.9 Å². The van der Waals surface area contributed by atoms with Gasteiger partial charge in [-0.2, -0.15) is 0 Å². The molecule has 0 amide bonds. The van der Waals surface area contributed by atoms with Gasteiger partial charge in [0.05, 0.1) is 17.6 Å². The summed E-state index contributed by atoms with van der Waals surface area (Å²) < 4.78 is 26.7. The number of nitrogens with zero attached hydrogens (tertiary/aromatic N) is 3. The van der Waals surface area contributed by atoms with Crippen LogP contribution in [0.3, 0.4) is 0 Å². The standard InChI is InChI=1S/C16H15N3O2S/c1-19-15(13-7-3-2-4-8-13)11-18-16(19)22(20,21)12-14-9-5-6-10-17-14/h2-11H,12H2,1H3. The molecule has 0 spiro atoms. The Labute approximate surface area is 129 Å². The highest BCUT2D eigenvalue weighted by molar-refractivity contribution is 7.90. The van der Waals surface area contributed by atoms with Crippen LogP contribution in [0.4, 0.5) is 0 Å². The molecule has 3 rings (SSSR count). The molecular formula is C16H15N3O2S. The van der Waals surface area contributed by atoms with Crippen LogP contribution in [0.2, 0.25) is 0 Å². The zero-order valence-electron chi connectivity index (χ0n) is 12.0. The van der Waals surface area contributed by atoms with Gasteiger partial charge in [0.1, 0.15) is 5.75 Å². The maximum Gasteiger partial charge on any atom is 0.228 e. The number of imidazole rings is 1. The van der Waals surface area contributed by atoms with Crippen molar-refractivity contribution in [2.75, 3.05) is 0 Å². The lowest BCUT2D eigenvalue weighted by atomic mass is 10.2. The number of pyridine rings is 1. The van der Waals surface area contributed by atoms with Crippen molar-refractivity contribution < 1.29 is 8.42 Å². The molecule has 5 nitrogen and oxygen atoms in total. The molecule has 6 heteroatoms. The molecular weight excluding hydrogens is 298 g/mol. The quantitative estimate of drug-likeness (QED) is 0.742. The van der Waals surface area contributed by atoms with Crippen LogP contribution in [0.25, 0.3) is 11.3 Å². The van der Waals surface area contributed by atoms with E-state index < -0.39 is 9.84 Å². The van der Waals surface area contributed by atoms with Gasteiger partial charge in [0, 0.05) is 13.2 Å². The first-order chi connectivity index (χ1) is 10.6. The maximum atomic E-state index is 12.5. The second-order valence-corrected chi connectivity index (χ2v) is 6.81. The summed E-state index contributed by atoms with van der Waals surface area (Å²) in [6.45, 7) is 0. The Morgan fingerprint density at radius 3 is 2.41 bits per heavy atom. The van der Waals surface area contributed by atoms with Gasteiger partial charge in [-0.1, -0.05) is 36.4 Å². The molecule has 3 aromatic rings. The number of rotatable bonds is 4. The van der Waals surface area contributed by atoms with Gasteiger partial charge >= 0.3 is 0 Å². The normalized spacial score (nSPS) is 11.5. The molecule has 0 radical (unpaired) electrons. The third-order valence-corrected chi connectivity index (χ3v) is 4.97. The molecule has 0 N–H and O–H groups in total. The van der Waals surface area contributed by atoms with E-state index in [4.69, 9.17) is 0 Å². The first kappa shape index (κ1) is 14.5. The van der Waals surface area contributed by atoms with Crippen LogP contribution in [0.1, 0.15) is 5.69 Å². The Hall–Kier alpha value is -2.47. The molecule has 22 heavy (non-hydrogen) atoms. The van der Waals surface area contributed by atoms with E-state index in [2.05, 4.69) is 9.97 Å². The van der Waals surface area contributed by atoms with Gasteiger partial charge in [0.15, 0.2) is 0 Å². The van der Waals surface area contributed by atoms with E-state index in [1.165, 1.54) is 0 Å². The van der Waals surface area contributed by atoms with Gasteiger partial charge in [-0.05, 0) is 17.7 Å². The summed E-state index contributed by atoms with van der Waals surface area (Å²) in [4.78, 5) is 8.18. The Morgan fingerprint density at radius 1 is 1.00 bits per heavy atom. The largest absolute Gasteiger partial charge is 0.318 e. The van der Waals surface area contributed by atoms with Crippen molar-refractivity contribution in [1.82, 2.24) is 14.5 Å². The van der Waals surface area contributed by atoms with E-state index in [0.29, 0.717) is 5.69 Å². The summed E-state index contributed by atoms with van der Waals surface area (Å²) in [6, 6.07) is 14.8. The fourth-order valence-electron chi connectivity index (χ4n) is 2.30. The van der Waals surface area contributed by atoms with Gasteiger partial charge in [-0.25, -0.2) is 13.4 Å². The van der Waals surface area contributed by atoms with Gasteiger partial charge in [-0.15, -0.1) is 0 Å². The predicted molar refractivity (Wildman–Crippen MR) is 83.8 cm³/mol. The van der Waals surface area contributed by atoms with Crippen LogP contribution < -0.4 is 0 Å². The van der Waals surface area contributed by atoms with E-state index in [1.54, 1.807) is 42.2 Å². The zero-order chi connectivity index (χ0) is 15.6. The highest BCUT2D eigenvalue weighted by atomic mass is 32.2. The van der Waals surface area contributed by atoms with Crippen LogP contribution in [-0.2, 0) is 22.6 Å². The van der Waals surface area contributed by atoms with Gasteiger partial charge < -0.3 is 4.57 Å². The minimum atomic E-state index is -3.54. The molecule has 2 aromatic heterocycles. The Bertz CT molecular complexity index is 872. The van der Waals surface area contributed by atoms with Crippen molar-refractivity contribution in [3.05, 3.63) is 66.6 Å². The highest BCUT2D eigenvalue weighted by Crippen LogP contribution is 2.23. The van der Waals surface area contributed by atoms with Crippen molar-refractivity contribution in [2.24, 2.45) is 7.05 Å². The monoisotopic (exact) mass is 313 g/mol. The Morgan fingerprint density at radius 2 is 1.73 bits per heavy atom. The molecule has 0 aliphatic carbocycles. The molecule has 0 saturated heterocycles. The van der Waals surface area contributed by atoms with E-state index in [1.807, 2.05) is 30.3 Å². The Balaban J connectivity index is 1.97. The van der Waals surface area contributed by atoms with E-state index >= 15 is 0 Å². The molecule has 0 saturated carbocycles. The molecule has 0 atom stereocenters. The van der Waals surface area contributed by atoms with Crippen LogP contribution >= 0.6 is 0 Å². The molecule has 0 aliphatic rings. The summed E-state index contributed by atoms with van der Waals surface area (Å²) in [5.74, 6) is -0.160. The van der Waals surface area contributed by atoms with Crippen molar-refractivity contribution in [1.29, 1.82) is 0 Å². The third-order valence-electron chi connectivity index (χ3n) is 3.36. The smallest absolute Gasteiger partial charge is 0.228 e. The fourth-order valence-corrected chi connectivity index (χ4v) is 3.72. The number of hydrogen-bond acceptors (Lipinski definition) is 4. The fraction of sp³-hybridized carbons (Fsp3) is 0.125. The van der Waals surface area contributed by atoms with Gasteiger partial charge in [-0.3, -0.25) is 4.98 Å². The average Bonchev–Trinajstić information content (AvgIpc) is 2.91. The van der Waals surface area contributed by atoms with Crippen LogP contribution in [0.15, 0.2) is 66.1 Å². The third kappa shape index (κ3) is 2.78. The van der Waals surface area contributed by atoms with Gasteiger partial charge in [0.25, 0.3) is 0 Å². The van der Waals surface area contributed by atoms with Crippen LogP contribution in [-0.4, -0.2) is 23.0 Å². The van der Waals surface area contributed by atoms with E-state index in [9.17, 15) is 8.42 Å². The first-order valence-corrected chi connectivity index (χ1v) is 8.43. The highest BCUT2D eigenvalue weighted by Gasteiger charge is 2.23. The lowest BCUT2D eigenvalue weighted by molar-refractivity contribution is 0.578. The summed E-state index contributed by atoms with van der Waals surface area (Å²) >= 11 is 0. The first-order valence-electron chi connectivity index (χ1n) is 6.78. The number of benzene rings is 1. The Kier molecular flexibility index (Phi) is 3.77. The molecule has 0 bridgehead atoms. The minimum absolute atomic E-state index is 0.0528. The minimum Gasteiger partial charge on any atom is -0.318 e. The van der Waals surface area contributed by atoms with E-state index in [-0.39, 0.29) is 10.9 Å². The summed E-state index contributed by atoms with van der Waals surface area (Å²) in [5.41, 5.74) is 2.20. The molecule has 1 aromatic carbocycles. The molecule has 2 heterocycles. The summed E-state index contributed by atoms with van der Waals surface area (Å²) in [7, 11) is -1.83. The van der Waals surface area contributed by atoms with Gasteiger partial charge in [0.2, 0.25) is 15.0 Å². The lowest BCUT2D eigenvalue weighted by Crippen LogP contribution is -2.12. The zero-order valence-corrected chi connectivity index (χ0v) is 12.9. The summed E-state index contributed by atoms with van der Waals surface area (Å²) in [6.07, 6.45) is 3.17. The predicted octanol–water partition coefficient (Wildman–Crippen LogP) is 2.46. The van der Waals surface area contributed by atoms with E-state index in [0.717, 1.165) is 11.3 Å². The molecule has 0 aliphatic heterocycles. The molecule has 0 fully saturated rings. The lowest BCUT2D eigenvalue weighted by Gasteiger charge is -2.07. The number of hydrogen-bond donors (Lipinski definition) is 0. The second-order valence-electron chi connectivity index (χ2n) is 4.93. The van der Waals surface area contributed by atoms with Crippen molar-refractivity contribution >= 4 is 9.84 Å². The SMILES string of the molecule is Cn1c(-c2ccccc2)cnc1S(=O)(=O)Cc1ccccn1. The van der Waals surface area contributed by atoms with Crippen LogP contribution in [0.5, 0.6) is 0 Å². The number of aromatic nitrogens is 3. The van der Waals surface area contributed by atoms with Crippen LogP contribution in [0, 0.1) is 0 Å². The summed E-state index contributed by atoms with van der Waals surface area (Å²) in [5, 5.41) is 0.0528. The van der Waals surface area contributed by atoms with Crippen molar-refractivity contribution in [3.63, 3.8) is 0 Å². The molecule has 0 unspecified atom stereocenters. The topological polar surface area (TPSA) is 64.8 Å². The van der Waals surface area contributed by atoms with Crippen molar-refractivity contribution in [3.8, 4) is 11.3 Å².